The Bertz CT molecular complexity index is 623. The third-order valence-corrected chi connectivity index (χ3v) is 6.89. The summed E-state index contributed by atoms with van der Waals surface area (Å²) in [4.78, 5) is 34.5. The first-order valence-electron chi connectivity index (χ1n) is 9.86. The van der Waals surface area contributed by atoms with Gasteiger partial charge in [0.15, 0.2) is 11.9 Å². The van der Waals surface area contributed by atoms with Crippen LogP contribution in [0.25, 0.3) is 0 Å². The Hall–Kier alpha value is -1.22. The van der Waals surface area contributed by atoms with Gasteiger partial charge in [-0.3, -0.25) is 9.59 Å². The third kappa shape index (κ3) is 3.06. The summed E-state index contributed by atoms with van der Waals surface area (Å²) in [6.45, 7) is 6.06. The van der Waals surface area contributed by atoms with E-state index in [4.69, 9.17) is 29.1 Å². The highest BCUT2D eigenvalue weighted by atomic mass is 17.3. The Balaban J connectivity index is 1.58. The Morgan fingerprint density at radius 2 is 1.89 bits per heavy atom. The van der Waals surface area contributed by atoms with Crippen LogP contribution in [-0.4, -0.2) is 41.0 Å². The minimum atomic E-state index is -1.03. The third-order valence-electron chi connectivity index (χ3n) is 6.89. The topological polar surface area (TPSA) is 101 Å². The molecule has 1 spiro atoms. The van der Waals surface area contributed by atoms with Gasteiger partial charge in [0.1, 0.15) is 0 Å². The molecule has 4 saturated heterocycles. The van der Waals surface area contributed by atoms with Crippen LogP contribution in [0.2, 0.25) is 0 Å². The summed E-state index contributed by atoms with van der Waals surface area (Å²) in [5.74, 6) is -1.82. The molecule has 5 fully saturated rings. The minimum Gasteiger partial charge on any atom is -0.481 e. The molecule has 5 rings (SSSR count). The van der Waals surface area contributed by atoms with Crippen molar-refractivity contribution in [1.82, 2.24) is 0 Å². The number of rotatable bonds is 4. The van der Waals surface area contributed by atoms with Crippen molar-refractivity contribution < 1.29 is 38.7 Å². The van der Waals surface area contributed by atoms with Gasteiger partial charge in [0.2, 0.25) is 12.1 Å². The first-order valence-corrected chi connectivity index (χ1v) is 9.86. The van der Waals surface area contributed by atoms with Crippen LogP contribution < -0.4 is 0 Å². The van der Waals surface area contributed by atoms with Crippen molar-refractivity contribution in [3.05, 3.63) is 0 Å². The highest BCUT2D eigenvalue weighted by Crippen LogP contribution is 2.60. The highest BCUT2D eigenvalue weighted by Gasteiger charge is 2.69. The predicted molar refractivity (Wildman–Crippen MR) is 89.8 cm³/mol. The number of carbonyl (C=O) groups excluding carboxylic acids is 1. The van der Waals surface area contributed by atoms with Crippen molar-refractivity contribution in [3.8, 4) is 0 Å². The lowest BCUT2D eigenvalue weighted by atomic mass is 9.58. The van der Waals surface area contributed by atoms with Gasteiger partial charge in [0, 0.05) is 18.3 Å². The molecule has 4 aliphatic heterocycles. The molecule has 8 heteroatoms. The summed E-state index contributed by atoms with van der Waals surface area (Å²) in [5.41, 5.74) is -0.697. The molecule has 1 N–H and O–H groups in total. The lowest BCUT2D eigenvalue weighted by molar-refractivity contribution is -0.576. The van der Waals surface area contributed by atoms with E-state index in [0.29, 0.717) is 12.3 Å². The summed E-state index contributed by atoms with van der Waals surface area (Å²) in [5, 5.41) is 8.76. The zero-order chi connectivity index (χ0) is 19.4. The molecule has 8 atom stereocenters. The Morgan fingerprint density at radius 1 is 1.11 bits per heavy atom. The molecular formula is C19H28O8. The summed E-state index contributed by atoms with van der Waals surface area (Å²) >= 11 is 0. The molecule has 0 amide bonds. The Labute approximate surface area is 158 Å². The maximum atomic E-state index is 12.1. The van der Waals surface area contributed by atoms with Crippen molar-refractivity contribution >= 4 is 11.9 Å². The van der Waals surface area contributed by atoms with Gasteiger partial charge < -0.3 is 19.3 Å². The van der Waals surface area contributed by atoms with Crippen LogP contribution in [-0.2, 0) is 33.6 Å². The first-order chi connectivity index (χ1) is 12.7. The molecule has 0 unspecified atom stereocenters. The van der Waals surface area contributed by atoms with E-state index < -0.39 is 35.9 Å². The fraction of sp³-hybridized carbons (Fsp3) is 0.895. The van der Waals surface area contributed by atoms with Crippen LogP contribution in [0.4, 0.5) is 0 Å². The largest absolute Gasteiger partial charge is 0.481 e. The number of carboxylic acid groups (broad SMARTS) is 1. The van der Waals surface area contributed by atoms with Crippen LogP contribution >= 0.6 is 0 Å². The van der Waals surface area contributed by atoms with Crippen LogP contribution in [0.1, 0.15) is 59.3 Å². The lowest BCUT2D eigenvalue weighted by Gasteiger charge is -2.59. The van der Waals surface area contributed by atoms with E-state index >= 15 is 0 Å². The number of hydrogen-bond acceptors (Lipinski definition) is 7. The average Bonchev–Trinajstić information content (AvgIpc) is 2.84. The molecule has 2 bridgehead atoms. The summed E-state index contributed by atoms with van der Waals surface area (Å²) in [6, 6.07) is 0. The lowest BCUT2D eigenvalue weighted by Crippen LogP contribution is -2.70. The molecule has 1 aliphatic carbocycles. The van der Waals surface area contributed by atoms with Gasteiger partial charge in [0.25, 0.3) is 0 Å². The molecule has 152 valence electrons. The van der Waals surface area contributed by atoms with Gasteiger partial charge in [-0.15, -0.1) is 0 Å². The van der Waals surface area contributed by atoms with Gasteiger partial charge in [-0.05, 0) is 38.0 Å². The van der Waals surface area contributed by atoms with Crippen molar-refractivity contribution in [2.24, 2.45) is 23.7 Å². The molecule has 0 radical (unpaired) electrons. The molecule has 1 saturated carbocycles. The first kappa shape index (κ1) is 19.1. The van der Waals surface area contributed by atoms with Gasteiger partial charge >= 0.3 is 11.9 Å². The zero-order valence-corrected chi connectivity index (χ0v) is 16.0. The number of hydrogen-bond donors (Lipinski definition) is 1. The molecular weight excluding hydrogens is 356 g/mol. The molecule has 8 nitrogen and oxygen atoms in total. The van der Waals surface area contributed by atoms with Crippen LogP contribution in [0.3, 0.4) is 0 Å². The number of carbonyl (C=O) groups is 2. The van der Waals surface area contributed by atoms with E-state index in [1.807, 2.05) is 13.8 Å². The van der Waals surface area contributed by atoms with Crippen molar-refractivity contribution in [1.29, 1.82) is 0 Å². The SMILES string of the molecule is C[C@H]1[C@@H](OC(=O)CCC(=O)O)O[C@@H]2O[C@@]3(C)CC[C@@H]4[C@H](C)CC[C@@H]1[C@@]24OO3. The number of esters is 1. The quantitative estimate of drug-likeness (QED) is 0.583. The Morgan fingerprint density at radius 3 is 2.63 bits per heavy atom. The highest BCUT2D eigenvalue weighted by molar-refractivity contribution is 5.76. The molecule has 0 aromatic carbocycles. The van der Waals surface area contributed by atoms with E-state index in [-0.39, 0.29) is 30.6 Å². The van der Waals surface area contributed by atoms with Crippen molar-refractivity contribution in [2.75, 3.05) is 0 Å². The minimum absolute atomic E-state index is 0.0670. The summed E-state index contributed by atoms with van der Waals surface area (Å²) < 4.78 is 17.8. The number of aliphatic carboxylic acids is 1. The van der Waals surface area contributed by atoms with Gasteiger partial charge in [-0.1, -0.05) is 13.8 Å². The molecule has 0 aromatic heterocycles. The van der Waals surface area contributed by atoms with E-state index in [1.54, 1.807) is 0 Å². The standard InChI is InChI=1S/C19H28O8/c1-10-4-5-13-11(2)16(23-15(22)7-6-14(20)21)24-17-19(13)12(10)8-9-18(3,25-17)26-27-19/h10-13,16-17H,4-9H2,1-3H3,(H,20,21)/t10-,11-,12-,13+,16+,17-,18-,19-/m1/s1. The zero-order valence-electron chi connectivity index (χ0n) is 16.0. The second-order valence-electron chi connectivity index (χ2n) is 8.66. The second-order valence-corrected chi connectivity index (χ2v) is 8.66. The van der Waals surface area contributed by atoms with Crippen LogP contribution in [0.5, 0.6) is 0 Å². The van der Waals surface area contributed by atoms with E-state index in [2.05, 4.69) is 6.92 Å². The monoisotopic (exact) mass is 384 g/mol. The smallest absolute Gasteiger partial charge is 0.308 e. The van der Waals surface area contributed by atoms with E-state index in [9.17, 15) is 9.59 Å². The van der Waals surface area contributed by atoms with Crippen molar-refractivity contribution in [3.63, 3.8) is 0 Å². The second kappa shape index (κ2) is 6.69. The number of fused-ring (bicyclic) bond motifs is 2. The van der Waals surface area contributed by atoms with Gasteiger partial charge in [0.05, 0.1) is 12.8 Å². The normalized spacial score (nSPS) is 48.4. The van der Waals surface area contributed by atoms with Crippen LogP contribution in [0.15, 0.2) is 0 Å². The maximum absolute atomic E-state index is 12.1. The van der Waals surface area contributed by atoms with Gasteiger partial charge in [-0.2, -0.15) is 0 Å². The average molecular weight is 384 g/mol. The Kier molecular flexibility index (Phi) is 4.73. The fourth-order valence-electron chi connectivity index (χ4n) is 5.40. The summed E-state index contributed by atoms with van der Waals surface area (Å²) in [6.07, 6.45) is 1.72. The maximum Gasteiger partial charge on any atom is 0.308 e. The van der Waals surface area contributed by atoms with Crippen LogP contribution in [0, 0.1) is 23.7 Å². The van der Waals surface area contributed by atoms with E-state index in [0.717, 1.165) is 19.3 Å². The number of carboxylic acids is 1. The summed E-state index contributed by atoms with van der Waals surface area (Å²) in [7, 11) is 0. The number of ether oxygens (including phenoxy) is 3. The molecule has 5 aliphatic rings. The molecule has 0 aromatic rings. The molecule has 27 heavy (non-hydrogen) atoms. The van der Waals surface area contributed by atoms with Crippen molar-refractivity contribution in [2.45, 2.75) is 83.3 Å². The predicted octanol–water partition coefficient (Wildman–Crippen LogP) is 2.60. The molecule has 4 heterocycles. The fourth-order valence-corrected chi connectivity index (χ4v) is 5.40. The van der Waals surface area contributed by atoms with E-state index in [1.165, 1.54) is 0 Å². The van der Waals surface area contributed by atoms with Gasteiger partial charge in [-0.25, -0.2) is 9.78 Å².